The topological polar surface area (TPSA) is 30.0 Å². The van der Waals surface area contributed by atoms with Gasteiger partial charge in [0.1, 0.15) is 0 Å². The zero-order valence-corrected chi connectivity index (χ0v) is 9.16. The number of ketones is 1. The predicted molar refractivity (Wildman–Crippen MR) is 58.6 cm³/mol. The zero-order chi connectivity index (χ0) is 13.1. The van der Waals surface area contributed by atoms with E-state index in [1.54, 1.807) is 12.1 Å². The molecule has 0 aliphatic rings. The van der Waals surface area contributed by atoms with Gasteiger partial charge in [-0.3, -0.25) is 9.78 Å². The van der Waals surface area contributed by atoms with Gasteiger partial charge >= 0.3 is 0 Å². The van der Waals surface area contributed by atoms with Crippen LogP contribution >= 0.6 is 0 Å². The molecular weight excluding hydrogens is 243 g/mol. The van der Waals surface area contributed by atoms with Crippen molar-refractivity contribution in [3.8, 4) is 0 Å². The van der Waals surface area contributed by atoms with Gasteiger partial charge in [0.2, 0.25) is 0 Å². The predicted octanol–water partition coefficient (Wildman–Crippen LogP) is 2.92. The summed E-state index contributed by atoms with van der Waals surface area (Å²) < 4.78 is 39.1. The van der Waals surface area contributed by atoms with Gasteiger partial charge in [-0.25, -0.2) is 13.2 Å². The Morgan fingerprint density at radius 1 is 1.11 bits per heavy atom. The molecule has 1 aromatic carbocycles. The Morgan fingerprint density at radius 3 is 2.56 bits per heavy atom. The second-order valence-corrected chi connectivity index (χ2v) is 3.68. The number of aromatic nitrogens is 1. The molecule has 2 nitrogen and oxygen atoms in total. The van der Waals surface area contributed by atoms with Crippen LogP contribution in [0.2, 0.25) is 0 Å². The lowest BCUT2D eigenvalue weighted by atomic mass is 10.0. The maximum atomic E-state index is 13.4. The first-order valence-corrected chi connectivity index (χ1v) is 5.15. The Kier molecular flexibility index (Phi) is 3.41. The van der Waals surface area contributed by atoms with Crippen LogP contribution in [-0.2, 0) is 6.42 Å². The molecule has 1 aromatic heterocycles. The summed E-state index contributed by atoms with van der Waals surface area (Å²) in [4.78, 5) is 15.5. The standard InChI is InChI=1S/C13H8F3NO/c14-10-4-3-9(12(15)13(10)16)11(18)6-8-2-1-5-17-7-8/h1-5,7H,6H2. The van der Waals surface area contributed by atoms with Gasteiger partial charge in [-0.2, -0.15) is 0 Å². The summed E-state index contributed by atoms with van der Waals surface area (Å²) in [7, 11) is 0. The molecule has 18 heavy (non-hydrogen) atoms. The SMILES string of the molecule is O=C(Cc1cccnc1)c1ccc(F)c(F)c1F. The Hall–Kier alpha value is -2.17. The number of hydrogen-bond acceptors (Lipinski definition) is 2. The lowest BCUT2D eigenvalue weighted by Crippen LogP contribution is -2.08. The fraction of sp³-hybridized carbons (Fsp3) is 0.0769. The average Bonchev–Trinajstić information content (AvgIpc) is 2.37. The molecule has 0 radical (unpaired) electrons. The first-order chi connectivity index (χ1) is 8.59. The molecule has 1 heterocycles. The van der Waals surface area contributed by atoms with Crippen LogP contribution in [0.3, 0.4) is 0 Å². The molecule has 0 spiro atoms. The van der Waals surface area contributed by atoms with E-state index in [1.807, 2.05) is 0 Å². The van der Waals surface area contributed by atoms with E-state index in [9.17, 15) is 18.0 Å². The quantitative estimate of drug-likeness (QED) is 0.620. The highest BCUT2D eigenvalue weighted by Gasteiger charge is 2.18. The monoisotopic (exact) mass is 251 g/mol. The molecule has 0 fully saturated rings. The Morgan fingerprint density at radius 2 is 1.89 bits per heavy atom. The number of halogens is 3. The number of carbonyl (C=O) groups is 1. The van der Waals surface area contributed by atoms with Crippen LogP contribution in [0.25, 0.3) is 0 Å². The van der Waals surface area contributed by atoms with Crippen molar-refractivity contribution in [1.82, 2.24) is 4.98 Å². The third-order valence-electron chi connectivity index (χ3n) is 2.42. The van der Waals surface area contributed by atoms with Crippen LogP contribution in [0.1, 0.15) is 15.9 Å². The minimum atomic E-state index is -1.63. The van der Waals surface area contributed by atoms with Crippen molar-refractivity contribution in [1.29, 1.82) is 0 Å². The van der Waals surface area contributed by atoms with Gasteiger partial charge in [-0.1, -0.05) is 6.07 Å². The van der Waals surface area contributed by atoms with E-state index in [4.69, 9.17) is 0 Å². The van der Waals surface area contributed by atoms with Gasteiger partial charge in [0, 0.05) is 18.8 Å². The van der Waals surface area contributed by atoms with E-state index in [1.165, 1.54) is 12.4 Å². The van der Waals surface area contributed by atoms with Crippen LogP contribution in [-0.4, -0.2) is 10.8 Å². The van der Waals surface area contributed by atoms with E-state index in [2.05, 4.69) is 4.98 Å². The van der Waals surface area contributed by atoms with Gasteiger partial charge in [-0.15, -0.1) is 0 Å². The van der Waals surface area contributed by atoms with E-state index in [0.717, 1.165) is 12.1 Å². The maximum Gasteiger partial charge on any atom is 0.195 e. The molecule has 0 N–H and O–H groups in total. The molecule has 0 bridgehead atoms. The normalized spacial score (nSPS) is 10.4. The lowest BCUT2D eigenvalue weighted by Gasteiger charge is -2.04. The number of rotatable bonds is 3. The van der Waals surface area contributed by atoms with Crippen LogP contribution in [0.5, 0.6) is 0 Å². The minimum Gasteiger partial charge on any atom is -0.294 e. The number of nitrogens with zero attached hydrogens (tertiary/aromatic N) is 1. The molecule has 0 aliphatic heterocycles. The van der Waals surface area contributed by atoms with Gasteiger partial charge in [0.05, 0.1) is 5.56 Å². The molecule has 92 valence electrons. The van der Waals surface area contributed by atoms with Crippen molar-refractivity contribution >= 4 is 5.78 Å². The highest BCUT2D eigenvalue weighted by molar-refractivity contribution is 5.97. The zero-order valence-electron chi connectivity index (χ0n) is 9.16. The highest BCUT2D eigenvalue weighted by Crippen LogP contribution is 2.17. The smallest absolute Gasteiger partial charge is 0.195 e. The molecule has 2 aromatic rings. The van der Waals surface area contributed by atoms with E-state index in [0.29, 0.717) is 5.56 Å². The Bertz CT molecular complexity index is 584. The molecule has 0 atom stereocenters. The summed E-state index contributed by atoms with van der Waals surface area (Å²) in [6.45, 7) is 0. The molecule has 0 saturated heterocycles. The molecule has 0 unspecified atom stereocenters. The van der Waals surface area contributed by atoms with Crippen molar-refractivity contribution in [3.05, 3.63) is 65.2 Å². The second-order valence-electron chi connectivity index (χ2n) is 3.68. The largest absolute Gasteiger partial charge is 0.294 e. The summed E-state index contributed by atoms with van der Waals surface area (Å²) in [6, 6.07) is 4.94. The first kappa shape index (κ1) is 12.3. The number of benzene rings is 1. The van der Waals surface area contributed by atoms with E-state index in [-0.39, 0.29) is 6.42 Å². The van der Waals surface area contributed by atoms with Gasteiger partial charge in [-0.05, 0) is 23.8 Å². The van der Waals surface area contributed by atoms with Crippen molar-refractivity contribution in [2.75, 3.05) is 0 Å². The van der Waals surface area contributed by atoms with Crippen molar-refractivity contribution < 1.29 is 18.0 Å². The maximum absolute atomic E-state index is 13.4. The number of hydrogen-bond donors (Lipinski definition) is 0. The van der Waals surface area contributed by atoms with Gasteiger partial charge < -0.3 is 0 Å². The third kappa shape index (κ3) is 2.40. The molecule has 0 amide bonds. The number of pyridine rings is 1. The van der Waals surface area contributed by atoms with Gasteiger partial charge in [0.25, 0.3) is 0 Å². The molecule has 0 aliphatic carbocycles. The van der Waals surface area contributed by atoms with Crippen LogP contribution in [0.15, 0.2) is 36.7 Å². The minimum absolute atomic E-state index is 0.115. The summed E-state index contributed by atoms with van der Waals surface area (Å²) in [5.74, 6) is -5.03. The Labute approximate surface area is 101 Å². The summed E-state index contributed by atoms with van der Waals surface area (Å²) in [5.41, 5.74) is 0.115. The third-order valence-corrected chi connectivity index (χ3v) is 2.42. The van der Waals surface area contributed by atoms with Crippen molar-refractivity contribution in [2.24, 2.45) is 0 Å². The fourth-order valence-corrected chi connectivity index (χ4v) is 1.52. The van der Waals surface area contributed by atoms with E-state index >= 15 is 0 Å². The molecule has 0 saturated carbocycles. The molecule has 2 rings (SSSR count). The van der Waals surface area contributed by atoms with Crippen molar-refractivity contribution in [3.63, 3.8) is 0 Å². The Balaban J connectivity index is 2.28. The van der Waals surface area contributed by atoms with Crippen LogP contribution in [0, 0.1) is 17.5 Å². The second kappa shape index (κ2) is 5.00. The lowest BCUT2D eigenvalue weighted by molar-refractivity contribution is 0.0987. The summed E-state index contributed by atoms with van der Waals surface area (Å²) >= 11 is 0. The van der Waals surface area contributed by atoms with Crippen molar-refractivity contribution in [2.45, 2.75) is 6.42 Å². The summed E-state index contributed by atoms with van der Waals surface area (Å²) in [6.07, 6.45) is 2.87. The van der Waals surface area contributed by atoms with E-state index < -0.39 is 28.8 Å². The number of carbonyl (C=O) groups excluding carboxylic acids is 1. The average molecular weight is 251 g/mol. The van der Waals surface area contributed by atoms with Crippen LogP contribution in [0.4, 0.5) is 13.2 Å². The molecular formula is C13H8F3NO. The van der Waals surface area contributed by atoms with Gasteiger partial charge in [0.15, 0.2) is 23.2 Å². The summed E-state index contributed by atoms with van der Waals surface area (Å²) in [5, 5.41) is 0. The first-order valence-electron chi connectivity index (χ1n) is 5.15. The highest BCUT2D eigenvalue weighted by atomic mass is 19.2. The molecule has 5 heteroatoms. The number of Topliss-reactive ketones (excluding diaryl/α,β-unsaturated/α-hetero) is 1. The van der Waals surface area contributed by atoms with Crippen LogP contribution < -0.4 is 0 Å². The fourth-order valence-electron chi connectivity index (χ4n) is 1.52.